The van der Waals surface area contributed by atoms with E-state index in [1.807, 2.05) is 0 Å². The molecule has 3 atom stereocenters. The van der Waals surface area contributed by atoms with Crippen LogP contribution in [0.2, 0.25) is 0 Å². The Hall–Kier alpha value is -1.85. The van der Waals surface area contributed by atoms with Crippen molar-refractivity contribution in [3.8, 4) is 0 Å². The molecule has 0 saturated carbocycles. The number of thiol groups is 1. The summed E-state index contributed by atoms with van der Waals surface area (Å²) in [5.41, 5.74) is 11.2. The van der Waals surface area contributed by atoms with Gasteiger partial charge in [0.25, 0.3) is 0 Å². The molecular formula is C16H29N5O5S. The molecule has 0 aromatic heterocycles. The van der Waals surface area contributed by atoms with E-state index in [2.05, 4.69) is 23.3 Å². The predicted octanol–water partition coefficient (Wildman–Crippen LogP) is -1.95. The molecule has 1 rings (SSSR count). The van der Waals surface area contributed by atoms with Crippen LogP contribution < -0.4 is 22.1 Å². The number of rotatable bonds is 11. The number of aliphatic carboxylic acids is 1. The van der Waals surface area contributed by atoms with Gasteiger partial charge in [0.15, 0.2) is 0 Å². The third-order valence-electron chi connectivity index (χ3n) is 4.39. The Morgan fingerprint density at radius 1 is 1.22 bits per heavy atom. The topological polar surface area (TPSA) is 168 Å². The fourth-order valence-corrected chi connectivity index (χ4v) is 3.08. The van der Waals surface area contributed by atoms with E-state index in [0.29, 0.717) is 38.8 Å². The standard InChI is InChI=1S/C16H29N5O5S/c17-6-2-1-4-10(18)14(23)20-11(9-27)15(24)19-8-13(22)21-7-3-5-12(21)16(25)26/h10-12,27H,1-9,17-18H2,(H,19,24)(H,20,23)(H,25,26). The second-order valence-corrected chi connectivity index (χ2v) is 6.80. The highest BCUT2D eigenvalue weighted by atomic mass is 32.1. The van der Waals surface area contributed by atoms with Crippen molar-refractivity contribution in [3.63, 3.8) is 0 Å². The maximum Gasteiger partial charge on any atom is 0.326 e. The SMILES string of the molecule is NCCCCC(N)C(=O)NC(CS)C(=O)NCC(=O)N1CCCC1C(=O)O. The largest absolute Gasteiger partial charge is 0.480 e. The zero-order valence-corrected chi connectivity index (χ0v) is 16.1. The molecule has 0 aliphatic carbocycles. The quantitative estimate of drug-likeness (QED) is 0.172. The number of amides is 3. The molecule has 7 N–H and O–H groups in total. The summed E-state index contributed by atoms with van der Waals surface area (Å²) in [5.74, 6) is -2.56. The first-order valence-electron chi connectivity index (χ1n) is 8.98. The molecule has 0 spiro atoms. The summed E-state index contributed by atoms with van der Waals surface area (Å²) in [7, 11) is 0. The Bertz CT molecular complexity index is 547. The Morgan fingerprint density at radius 3 is 2.52 bits per heavy atom. The third-order valence-corrected chi connectivity index (χ3v) is 4.76. The summed E-state index contributed by atoms with van der Waals surface area (Å²) >= 11 is 4.05. The van der Waals surface area contributed by atoms with E-state index in [1.165, 1.54) is 4.90 Å². The first-order chi connectivity index (χ1) is 12.8. The van der Waals surface area contributed by atoms with Gasteiger partial charge in [-0.15, -0.1) is 0 Å². The van der Waals surface area contributed by atoms with Crippen molar-refractivity contribution in [2.75, 3.05) is 25.4 Å². The number of carbonyl (C=O) groups excluding carboxylic acids is 3. The van der Waals surface area contributed by atoms with Crippen LogP contribution in [0.15, 0.2) is 0 Å². The third kappa shape index (κ3) is 7.35. The summed E-state index contributed by atoms with van der Waals surface area (Å²) in [6.45, 7) is 0.519. The molecule has 1 saturated heterocycles. The molecule has 11 heteroatoms. The van der Waals surface area contributed by atoms with Crippen molar-refractivity contribution in [2.24, 2.45) is 11.5 Å². The summed E-state index contributed by atoms with van der Waals surface area (Å²) in [6, 6.07) is -2.56. The number of unbranched alkanes of at least 4 members (excludes halogenated alkanes) is 1. The van der Waals surface area contributed by atoms with Gasteiger partial charge < -0.3 is 32.1 Å². The van der Waals surface area contributed by atoms with Crippen LogP contribution in [-0.2, 0) is 19.2 Å². The zero-order chi connectivity index (χ0) is 20.4. The van der Waals surface area contributed by atoms with Crippen LogP contribution in [0.1, 0.15) is 32.1 Å². The number of carboxylic acids is 1. The molecular weight excluding hydrogens is 374 g/mol. The maximum absolute atomic E-state index is 12.2. The van der Waals surface area contributed by atoms with E-state index in [9.17, 15) is 19.2 Å². The minimum absolute atomic E-state index is 0.0305. The molecule has 3 amide bonds. The van der Waals surface area contributed by atoms with Crippen molar-refractivity contribution in [1.82, 2.24) is 15.5 Å². The lowest BCUT2D eigenvalue weighted by atomic mass is 10.1. The van der Waals surface area contributed by atoms with E-state index in [0.717, 1.165) is 6.42 Å². The Labute approximate surface area is 163 Å². The summed E-state index contributed by atoms with van der Waals surface area (Å²) in [5, 5.41) is 14.0. The van der Waals surface area contributed by atoms with Crippen molar-refractivity contribution in [2.45, 2.75) is 50.2 Å². The molecule has 1 heterocycles. The van der Waals surface area contributed by atoms with E-state index in [-0.39, 0.29) is 12.3 Å². The molecule has 154 valence electrons. The van der Waals surface area contributed by atoms with Crippen molar-refractivity contribution >= 4 is 36.3 Å². The number of nitrogens with zero attached hydrogens (tertiary/aromatic N) is 1. The Morgan fingerprint density at radius 2 is 1.93 bits per heavy atom. The average molecular weight is 404 g/mol. The number of nitrogens with one attached hydrogen (secondary N) is 2. The van der Waals surface area contributed by atoms with Gasteiger partial charge in [-0.05, 0) is 32.2 Å². The van der Waals surface area contributed by atoms with E-state index >= 15 is 0 Å². The molecule has 1 aliphatic rings. The van der Waals surface area contributed by atoms with E-state index < -0.39 is 41.8 Å². The highest BCUT2D eigenvalue weighted by Crippen LogP contribution is 2.17. The van der Waals surface area contributed by atoms with Crippen molar-refractivity contribution in [1.29, 1.82) is 0 Å². The number of likely N-dealkylation sites (tertiary alicyclic amines) is 1. The van der Waals surface area contributed by atoms with Gasteiger partial charge in [-0.25, -0.2) is 4.79 Å². The van der Waals surface area contributed by atoms with Gasteiger partial charge in [-0.2, -0.15) is 12.6 Å². The molecule has 0 radical (unpaired) electrons. The zero-order valence-electron chi connectivity index (χ0n) is 15.2. The number of carbonyl (C=O) groups is 4. The predicted molar refractivity (Wildman–Crippen MR) is 102 cm³/mol. The monoisotopic (exact) mass is 403 g/mol. The van der Waals surface area contributed by atoms with Crippen LogP contribution in [0.3, 0.4) is 0 Å². The van der Waals surface area contributed by atoms with Crippen LogP contribution >= 0.6 is 12.6 Å². The van der Waals surface area contributed by atoms with Crippen LogP contribution in [-0.4, -0.2) is 77.2 Å². The maximum atomic E-state index is 12.2. The molecule has 10 nitrogen and oxygen atoms in total. The molecule has 1 fully saturated rings. The van der Waals surface area contributed by atoms with E-state index in [1.54, 1.807) is 0 Å². The molecule has 0 aromatic rings. The molecule has 3 unspecified atom stereocenters. The summed E-state index contributed by atoms with van der Waals surface area (Å²) < 4.78 is 0. The van der Waals surface area contributed by atoms with Gasteiger partial charge in [-0.1, -0.05) is 6.42 Å². The summed E-state index contributed by atoms with van der Waals surface area (Å²) in [4.78, 5) is 48.8. The van der Waals surface area contributed by atoms with E-state index in [4.69, 9.17) is 16.6 Å². The second kappa shape index (κ2) is 11.8. The highest BCUT2D eigenvalue weighted by molar-refractivity contribution is 7.80. The van der Waals surface area contributed by atoms with Gasteiger partial charge in [0.05, 0.1) is 12.6 Å². The number of hydrogen-bond donors (Lipinski definition) is 6. The van der Waals surface area contributed by atoms with Gasteiger partial charge in [0.2, 0.25) is 17.7 Å². The highest BCUT2D eigenvalue weighted by Gasteiger charge is 2.34. The van der Waals surface area contributed by atoms with Gasteiger partial charge in [0, 0.05) is 12.3 Å². The van der Waals surface area contributed by atoms with Crippen molar-refractivity contribution in [3.05, 3.63) is 0 Å². The van der Waals surface area contributed by atoms with Crippen molar-refractivity contribution < 1.29 is 24.3 Å². The molecule has 1 aliphatic heterocycles. The lowest BCUT2D eigenvalue weighted by Crippen LogP contribution is -2.54. The van der Waals surface area contributed by atoms with Crippen LogP contribution in [0.4, 0.5) is 0 Å². The fourth-order valence-electron chi connectivity index (χ4n) is 2.82. The normalized spacial score (nSPS) is 18.6. The molecule has 27 heavy (non-hydrogen) atoms. The Kier molecular flexibility index (Phi) is 10.1. The van der Waals surface area contributed by atoms with Crippen LogP contribution in [0.5, 0.6) is 0 Å². The number of nitrogens with two attached hydrogens (primary N) is 2. The number of carboxylic acid groups (broad SMARTS) is 1. The first kappa shape index (κ1) is 23.2. The minimum atomic E-state index is -1.06. The van der Waals surface area contributed by atoms with Crippen LogP contribution in [0, 0.1) is 0 Å². The van der Waals surface area contributed by atoms with Gasteiger partial charge in [0.1, 0.15) is 12.1 Å². The Balaban J connectivity index is 2.47. The number of hydrogen-bond acceptors (Lipinski definition) is 7. The molecule has 0 bridgehead atoms. The second-order valence-electron chi connectivity index (χ2n) is 6.44. The van der Waals surface area contributed by atoms with Gasteiger partial charge >= 0.3 is 5.97 Å². The summed E-state index contributed by atoms with van der Waals surface area (Å²) in [6.07, 6.45) is 2.92. The fraction of sp³-hybridized carbons (Fsp3) is 0.750. The minimum Gasteiger partial charge on any atom is -0.480 e. The lowest BCUT2D eigenvalue weighted by Gasteiger charge is -2.23. The first-order valence-corrected chi connectivity index (χ1v) is 9.61. The van der Waals surface area contributed by atoms with Gasteiger partial charge in [-0.3, -0.25) is 14.4 Å². The smallest absolute Gasteiger partial charge is 0.326 e. The molecule has 0 aromatic carbocycles. The lowest BCUT2D eigenvalue weighted by molar-refractivity contribution is -0.148. The average Bonchev–Trinajstić information content (AvgIpc) is 3.13. The van der Waals surface area contributed by atoms with Crippen LogP contribution in [0.25, 0.3) is 0 Å².